The Labute approximate surface area is 47.3 Å². The van der Waals surface area contributed by atoms with E-state index < -0.39 is 5.97 Å². The normalized spacial score (nSPS) is 5.75. The van der Waals surface area contributed by atoms with Crippen LogP contribution in [0.2, 0.25) is 0 Å². The molecule has 8 heavy (non-hydrogen) atoms. The average Bonchev–Trinajstić information content (AvgIpc) is 1.65. The molecule has 0 unspecified atom stereocenters. The molecule has 0 aromatic carbocycles. The Morgan fingerprint density at radius 1 is 1.50 bits per heavy atom. The lowest BCUT2D eigenvalue weighted by molar-refractivity contribution is -0.142. The van der Waals surface area contributed by atoms with Crippen LogP contribution in [0.5, 0.6) is 0 Å². The van der Waals surface area contributed by atoms with Crippen molar-refractivity contribution in [3.63, 3.8) is 0 Å². The molecule has 6 nitrogen and oxygen atoms in total. The highest BCUT2D eigenvalue weighted by molar-refractivity contribution is 5.70. The predicted molar refractivity (Wildman–Crippen MR) is 29.4 cm³/mol. The van der Waals surface area contributed by atoms with Crippen LogP contribution in [0.15, 0.2) is 0 Å². The third kappa shape index (κ3) is 9.00. The molecule has 0 aliphatic carbocycles. The Kier molecular flexibility index (Phi) is 18.8. The van der Waals surface area contributed by atoms with Gasteiger partial charge in [-0.2, -0.15) is 5.90 Å². The lowest BCUT2D eigenvalue weighted by Crippen LogP contribution is -2.19. The second-order valence-corrected chi connectivity index (χ2v) is 0.694. The van der Waals surface area contributed by atoms with E-state index in [1.54, 1.807) is 0 Å². The van der Waals surface area contributed by atoms with Crippen molar-refractivity contribution in [3.05, 3.63) is 0 Å². The van der Waals surface area contributed by atoms with E-state index in [0.717, 1.165) is 0 Å². The van der Waals surface area contributed by atoms with Gasteiger partial charge in [-0.25, -0.2) is 4.79 Å². The van der Waals surface area contributed by atoms with Crippen LogP contribution in [0, 0.1) is 0 Å². The molecular weight excluding hydrogens is 112 g/mol. The molecule has 0 heterocycles. The molecule has 0 fully saturated rings. The molecule has 0 radical (unpaired) electrons. The van der Waals surface area contributed by atoms with Crippen LogP contribution < -0.4 is 23.9 Å². The molecule has 0 aliphatic heterocycles. The monoisotopic (exact) mass is 124 g/mol. The molecule has 0 spiro atoms. The standard InChI is InChI=1S/C2H6N2O2.2H3N/c3-1-2(5)6-4;;/h1,3-4H2;2*1H3. The zero-order valence-electron chi connectivity index (χ0n) is 4.59. The van der Waals surface area contributed by atoms with Gasteiger partial charge in [0.2, 0.25) is 0 Å². The second kappa shape index (κ2) is 9.58. The van der Waals surface area contributed by atoms with Gasteiger partial charge in [0.1, 0.15) is 0 Å². The fourth-order valence-corrected chi connectivity index (χ4v) is 0.0481. The summed E-state index contributed by atoms with van der Waals surface area (Å²) in [5, 5.41) is 0. The minimum Gasteiger partial charge on any atom is -0.372 e. The number of rotatable bonds is 1. The third-order valence-electron chi connectivity index (χ3n) is 0.298. The number of hydrogen-bond donors (Lipinski definition) is 4. The van der Waals surface area contributed by atoms with Gasteiger partial charge < -0.3 is 22.9 Å². The SMILES string of the molecule is N.N.NCC(=O)ON. The smallest absolute Gasteiger partial charge is 0.338 e. The highest BCUT2D eigenvalue weighted by Crippen LogP contribution is 1.56. The first-order valence-corrected chi connectivity index (χ1v) is 1.41. The second-order valence-electron chi connectivity index (χ2n) is 0.694. The number of nitrogens with two attached hydrogens (primary N) is 2. The maximum Gasteiger partial charge on any atom is 0.338 e. The fraction of sp³-hybridized carbons (Fsp3) is 0.500. The zero-order chi connectivity index (χ0) is 4.99. The summed E-state index contributed by atoms with van der Waals surface area (Å²) < 4.78 is 0. The van der Waals surface area contributed by atoms with Crippen molar-refractivity contribution in [2.24, 2.45) is 11.6 Å². The number of carbonyl (C=O) groups excluding carboxylic acids is 1. The molecule has 0 aromatic rings. The Hall–Kier alpha value is -0.690. The minimum atomic E-state index is -0.602. The van der Waals surface area contributed by atoms with Gasteiger partial charge in [0.05, 0.1) is 6.54 Å². The molecule has 0 bridgehead atoms. The first-order valence-electron chi connectivity index (χ1n) is 1.41. The van der Waals surface area contributed by atoms with E-state index in [1.807, 2.05) is 0 Å². The highest BCUT2D eigenvalue weighted by atomic mass is 16.7. The lowest BCUT2D eigenvalue weighted by atomic mass is 10.7. The van der Waals surface area contributed by atoms with Gasteiger partial charge in [-0.15, -0.1) is 0 Å². The van der Waals surface area contributed by atoms with Crippen LogP contribution in [-0.2, 0) is 9.63 Å². The first kappa shape index (κ1) is 15.7. The van der Waals surface area contributed by atoms with Crippen molar-refractivity contribution in [3.8, 4) is 0 Å². The molecule has 6 heteroatoms. The van der Waals surface area contributed by atoms with E-state index in [2.05, 4.69) is 10.7 Å². The van der Waals surface area contributed by atoms with Gasteiger partial charge in [0.15, 0.2) is 0 Å². The molecule has 0 aromatic heterocycles. The Morgan fingerprint density at radius 3 is 1.88 bits per heavy atom. The minimum absolute atomic E-state index is 0. The molecule has 10 N–H and O–H groups in total. The van der Waals surface area contributed by atoms with E-state index in [4.69, 9.17) is 5.73 Å². The Balaban J connectivity index is -0.000000125. The highest BCUT2D eigenvalue weighted by Gasteiger charge is 1.89. The molecule has 52 valence electrons. The third-order valence-corrected chi connectivity index (χ3v) is 0.298. The summed E-state index contributed by atoms with van der Waals surface area (Å²) in [4.78, 5) is 13.3. The van der Waals surface area contributed by atoms with Crippen molar-refractivity contribution >= 4 is 5.97 Å². The van der Waals surface area contributed by atoms with E-state index in [9.17, 15) is 4.79 Å². The van der Waals surface area contributed by atoms with Crippen LogP contribution >= 0.6 is 0 Å². The summed E-state index contributed by atoms with van der Waals surface area (Å²) in [6.07, 6.45) is 0. The average molecular weight is 124 g/mol. The van der Waals surface area contributed by atoms with Crippen molar-refractivity contribution in [1.29, 1.82) is 0 Å². The zero-order valence-corrected chi connectivity index (χ0v) is 4.59. The van der Waals surface area contributed by atoms with Gasteiger partial charge >= 0.3 is 5.97 Å². The molecule has 0 amide bonds. The largest absolute Gasteiger partial charge is 0.372 e. The van der Waals surface area contributed by atoms with E-state index in [1.165, 1.54) is 0 Å². The van der Waals surface area contributed by atoms with Crippen LogP contribution in [-0.4, -0.2) is 12.5 Å². The van der Waals surface area contributed by atoms with E-state index in [0.29, 0.717) is 0 Å². The molecular formula is C2H12N4O2. The van der Waals surface area contributed by atoms with Gasteiger partial charge in [0.25, 0.3) is 0 Å². The van der Waals surface area contributed by atoms with Crippen LogP contribution in [0.25, 0.3) is 0 Å². The predicted octanol–water partition coefficient (Wildman–Crippen LogP) is -1.31. The fourth-order valence-electron chi connectivity index (χ4n) is 0.0481. The molecule has 0 saturated heterocycles. The lowest BCUT2D eigenvalue weighted by Gasteiger charge is -1.86. The van der Waals surface area contributed by atoms with Crippen molar-refractivity contribution in [2.75, 3.05) is 6.54 Å². The van der Waals surface area contributed by atoms with Crippen molar-refractivity contribution in [1.82, 2.24) is 12.3 Å². The van der Waals surface area contributed by atoms with Gasteiger partial charge in [-0.3, -0.25) is 0 Å². The van der Waals surface area contributed by atoms with Gasteiger partial charge in [-0.1, -0.05) is 0 Å². The van der Waals surface area contributed by atoms with Crippen molar-refractivity contribution in [2.45, 2.75) is 0 Å². The summed E-state index contributed by atoms with van der Waals surface area (Å²) in [6, 6.07) is 0. The van der Waals surface area contributed by atoms with Crippen molar-refractivity contribution < 1.29 is 9.63 Å². The topological polar surface area (TPSA) is 148 Å². The summed E-state index contributed by atoms with van der Waals surface area (Å²) in [6.45, 7) is -0.156. The number of hydrogen-bond acceptors (Lipinski definition) is 6. The number of carbonyl (C=O) groups is 1. The van der Waals surface area contributed by atoms with Gasteiger partial charge in [0, 0.05) is 0 Å². The summed E-state index contributed by atoms with van der Waals surface area (Å²) in [5.41, 5.74) is 4.73. The molecule has 0 atom stereocenters. The summed E-state index contributed by atoms with van der Waals surface area (Å²) in [7, 11) is 0. The quantitative estimate of drug-likeness (QED) is 0.319. The van der Waals surface area contributed by atoms with E-state index in [-0.39, 0.29) is 18.8 Å². The Morgan fingerprint density at radius 2 is 1.88 bits per heavy atom. The van der Waals surface area contributed by atoms with Gasteiger partial charge in [-0.05, 0) is 0 Å². The van der Waals surface area contributed by atoms with Crippen LogP contribution in [0.4, 0.5) is 0 Å². The van der Waals surface area contributed by atoms with Crippen LogP contribution in [0.3, 0.4) is 0 Å². The molecule has 0 rings (SSSR count). The van der Waals surface area contributed by atoms with Crippen LogP contribution in [0.1, 0.15) is 0 Å². The summed E-state index contributed by atoms with van der Waals surface area (Å²) >= 11 is 0. The molecule has 0 saturated carbocycles. The van der Waals surface area contributed by atoms with E-state index >= 15 is 0 Å². The maximum atomic E-state index is 9.71. The summed E-state index contributed by atoms with van der Waals surface area (Å²) in [5.74, 6) is 3.75. The Bertz CT molecular complexity index is 50.0. The first-order chi connectivity index (χ1) is 2.81. The molecule has 0 aliphatic rings. The maximum absolute atomic E-state index is 9.71.